The zero-order chi connectivity index (χ0) is 15.0. The summed E-state index contributed by atoms with van der Waals surface area (Å²) in [6, 6.07) is 7.58. The van der Waals surface area contributed by atoms with E-state index in [0.29, 0.717) is 12.1 Å². The molecule has 116 valence electrons. The first kappa shape index (κ1) is 15.0. The first-order valence-electron chi connectivity index (χ1n) is 8.28. The molecule has 0 amide bonds. The molecule has 0 bridgehead atoms. The Hall–Kier alpha value is -0.900. The van der Waals surface area contributed by atoms with Crippen molar-refractivity contribution in [3.63, 3.8) is 0 Å². The van der Waals surface area contributed by atoms with Crippen molar-refractivity contribution in [3.05, 3.63) is 34.9 Å². The standard InChI is InChI=1S/C18H28N2O/c1-13-6-7-16(9-14(13)2)18(21)12-20-11-17-5-4-8-19(17)10-15(20)3/h6-7,9,15,17-18,21H,4-5,8,10-12H2,1-3H3. The molecule has 2 aliphatic rings. The molecule has 0 spiro atoms. The van der Waals surface area contributed by atoms with E-state index >= 15 is 0 Å². The van der Waals surface area contributed by atoms with Gasteiger partial charge in [0.1, 0.15) is 0 Å². The fraction of sp³-hybridized carbons (Fsp3) is 0.667. The van der Waals surface area contributed by atoms with E-state index in [1.807, 2.05) is 0 Å². The topological polar surface area (TPSA) is 26.7 Å². The number of hydrogen-bond donors (Lipinski definition) is 1. The molecule has 3 rings (SSSR count). The molecule has 1 aromatic carbocycles. The number of piperazine rings is 1. The van der Waals surface area contributed by atoms with Crippen molar-refractivity contribution in [2.24, 2.45) is 0 Å². The van der Waals surface area contributed by atoms with Gasteiger partial charge in [0, 0.05) is 31.7 Å². The van der Waals surface area contributed by atoms with Crippen molar-refractivity contribution in [1.82, 2.24) is 9.80 Å². The van der Waals surface area contributed by atoms with Crippen molar-refractivity contribution in [1.29, 1.82) is 0 Å². The lowest BCUT2D eigenvalue weighted by Crippen LogP contribution is -2.55. The van der Waals surface area contributed by atoms with Gasteiger partial charge in [0.15, 0.2) is 0 Å². The van der Waals surface area contributed by atoms with Gasteiger partial charge in [0.05, 0.1) is 6.10 Å². The van der Waals surface area contributed by atoms with E-state index in [1.54, 1.807) is 0 Å². The fourth-order valence-corrected chi connectivity index (χ4v) is 3.80. The van der Waals surface area contributed by atoms with Crippen LogP contribution in [-0.2, 0) is 0 Å². The van der Waals surface area contributed by atoms with Gasteiger partial charge in [-0.1, -0.05) is 18.2 Å². The van der Waals surface area contributed by atoms with Crippen LogP contribution in [0.5, 0.6) is 0 Å². The summed E-state index contributed by atoms with van der Waals surface area (Å²) < 4.78 is 0. The second-order valence-corrected chi connectivity index (χ2v) is 6.95. The molecule has 3 atom stereocenters. The minimum atomic E-state index is -0.375. The van der Waals surface area contributed by atoms with Gasteiger partial charge in [-0.15, -0.1) is 0 Å². The van der Waals surface area contributed by atoms with Gasteiger partial charge in [-0.3, -0.25) is 9.80 Å². The van der Waals surface area contributed by atoms with E-state index in [1.165, 1.54) is 30.5 Å². The number of aliphatic hydroxyl groups excluding tert-OH is 1. The van der Waals surface area contributed by atoms with Crippen LogP contribution in [0, 0.1) is 13.8 Å². The summed E-state index contributed by atoms with van der Waals surface area (Å²) in [7, 11) is 0. The maximum Gasteiger partial charge on any atom is 0.0917 e. The smallest absolute Gasteiger partial charge is 0.0917 e. The lowest BCUT2D eigenvalue weighted by atomic mass is 10.0. The van der Waals surface area contributed by atoms with Crippen molar-refractivity contribution in [2.45, 2.75) is 51.8 Å². The summed E-state index contributed by atoms with van der Waals surface area (Å²) >= 11 is 0. The zero-order valence-electron chi connectivity index (χ0n) is 13.5. The Bertz CT molecular complexity index is 502. The largest absolute Gasteiger partial charge is 0.387 e. The van der Waals surface area contributed by atoms with Crippen molar-refractivity contribution < 1.29 is 5.11 Å². The van der Waals surface area contributed by atoms with Gasteiger partial charge in [0.25, 0.3) is 0 Å². The molecule has 0 aromatic heterocycles. The summed E-state index contributed by atoms with van der Waals surface area (Å²) in [6.07, 6.45) is 2.29. The Kier molecular flexibility index (Phi) is 4.34. The van der Waals surface area contributed by atoms with Crippen LogP contribution in [0.3, 0.4) is 0 Å². The molecule has 2 fully saturated rings. The van der Waals surface area contributed by atoms with Crippen LogP contribution in [0.4, 0.5) is 0 Å². The molecular formula is C18H28N2O. The molecule has 0 radical (unpaired) electrons. The minimum absolute atomic E-state index is 0.375. The third kappa shape index (κ3) is 3.15. The number of nitrogens with zero attached hydrogens (tertiary/aromatic N) is 2. The number of β-amino-alcohol motifs (C(OH)–C–C–N with tert-alkyl or cyclic N) is 1. The van der Waals surface area contributed by atoms with E-state index in [0.717, 1.165) is 25.2 Å². The molecule has 1 aromatic rings. The van der Waals surface area contributed by atoms with Crippen LogP contribution >= 0.6 is 0 Å². The highest BCUT2D eigenvalue weighted by Crippen LogP contribution is 2.26. The molecule has 1 N–H and O–H groups in total. The third-order valence-electron chi connectivity index (χ3n) is 5.39. The monoisotopic (exact) mass is 288 g/mol. The Morgan fingerprint density at radius 1 is 1.24 bits per heavy atom. The molecule has 21 heavy (non-hydrogen) atoms. The van der Waals surface area contributed by atoms with E-state index in [-0.39, 0.29) is 6.10 Å². The van der Waals surface area contributed by atoms with Crippen LogP contribution in [-0.4, -0.2) is 53.2 Å². The second-order valence-electron chi connectivity index (χ2n) is 6.95. The number of rotatable bonds is 3. The molecule has 2 saturated heterocycles. The molecule has 3 nitrogen and oxygen atoms in total. The van der Waals surface area contributed by atoms with Crippen LogP contribution in [0.15, 0.2) is 18.2 Å². The summed E-state index contributed by atoms with van der Waals surface area (Å²) in [5, 5.41) is 10.6. The van der Waals surface area contributed by atoms with Crippen molar-refractivity contribution in [2.75, 3.05) is 26.2 Å². The first-order chi connectivity index (χ1) is 10.0. The SMILES string of the molecule is Cc1ccc(C(O)CN2CC3CCCN3CC2C)cc1C. The molecule has 2 aliphatic heterocycles. The second kappa shape index (κ2) is 6.07. The van der Waals surface area contributed by atoms with Crippen LogP contribution in [0.2, 0.25) is 0 Å². The third-order valence-corrected chi connectivity index (χ3v) is 5.39. The predicted molar refractivity (Wildman–Crippen MR) is 86.5 cm³/mol. The predicted octanol–water partition coefficient (Wildman–Crippen LogP) is 2.51. The molecule has 0 saturated carbocycles. The average molecular weight is 288 g/mol. The summed E-state index contributed by atoms with van der Waals surface area (Å²) in [4.78, 5) is 5.11. The van der Waals surface area contributed by atoms with Crippen molar-refractivity contribution >= 4 is 0 Å². The minimum Gasteiger partial charge on any atom is -0.387 e. The average Bonchev–Trinajstić information content (AvgIpc) is 2.89. The Balaban J connectivity index is 1.66. The van der Waals surface area contributed by atoms with Gasteiger partial charge in [-0.25, -0.2) is 0 Å². The highest BCUT2D eigenvalue weighted by Gasteiger charge is 2.34. The number of benzene rings is 1. The Morgan fingerprint density at radius 3 is 2.81 bits per heavy atom. The maximum atomic E-state index is 10.6. The summed E-state index contributed by atoms with van der Waals surface area (Å²) in [6.45, 7) is 10.8. The zero-order valence-corrected chi connectivity index (χ0v) is 13.5. The van der Waals surface area contributed by atoms with Crippen molar-refractivity contribution in [3.8, 4) is 0 Å². The highest BCUT2D eigenvalue weighted by molar-refractivity contribution is 5.31. The number of hydrogen-bond acceptors (Lipinski definition) is 3. The Labute approximate surface area is 128 Å². The van der Waals surface area contributed by atoms with Gasteiger partial charge in [-0.05, 0) is 56.8 Å². The maximum absolute atomic E-state index is 10.6. The number of aliphatic hydroxyl groups is 1. The fourth-order valence-electron chi connectivity index (χ4n) is 3.80. The van der Waals surface area contributed by atoms with E-state index in [9.17, 15) is 5.11 Å². The number of aryl methyl sites for hydroxylation is 2. The normalized spacial score (nSPS) is 28.6. The molecule has 2 heterocycles. The summed E-state index contributed by atoms with van der Waals surface area (Å²) in [5.41, 5.74) is 3.61. The van der Waals surface area contributed by atoms with Gasteiger partial charge < -0.3 is 5.11 Å². The van der Waals surface area contributed by atoms with E-state index < -0.39 is 0 Å². The van der Waals surface area contributed by atoms with Crippen LogP contribution in [0.1, 0.15) is 42.6 Å². The molecule has 3 heteroatoms. The van der Waals surface area contributed by atoms with Crippen LogP contribution in [0.25, 0.3) is 0 Å². The van der Waals surface area contributed by atoms with Gasteiger partial charge in [0.2, 0.25) is 0 Å². The van der Waals surface area contributed by atoms with Gasteiger partial charge >= 0.3 is 0 Å². The summed E-state index contributed by atoms with van der Waals surface area (Å²) in [5.74, 6) is 0. The number of fused-ring (bicyclic) bond motifs is 1. The lowest BCUT2D eigenvalue weighted by molar-refractivity contribution is 0.0226. The van der Waals surface area contributed by atoms with Crippen LogP contribution < -0.4 is 0 Å². The van der Waals surface area contributed by atoms with Gasteiger partial charge in [-0.2, -0.15) is 0 Å². The molecule has 0 aliphatic carbocycles. The quantitative estimate of drug-likeness (QED) is 0.926. The molecule has 3 unspecified atom stereocenters. The van der Waals surface area contributed by atoms with E-state index in [4.69, 9.17) is 0 Å². The first-order valence-corrected chi connectivity index (χ1v) is 8.28. The highest BCUT2D eigenvalue weighted by atomic mass is 16.3. The molecular weight excluding hydrogens is 260 g/mol. The van der Waals surface area contributed by atoms with E-state index in [2.05, 4.69) is 48.8 Å². The Morgan fingerprint density at radius 2 is 2.05 bits per heavy atom. The lowest BCUT2D eigenvalue weighted by Gasteiger charge is -2.43.